The number of alkyl carbamates (subject to hydrolysis) is 1. The molecule has 4 atom stereocenters. The first-order valence-electron chi connectivity index (χ1n) is 23.8. The highest BCUT2D eigenvalue weighted by atomic mass is 32.2. The van der Waals surface area contributed by atoms with Gasteiger partial charge in [-0.05, 0) is 66.5 Å². The molecule has 0 fully saturated rings. The molecule has 0 aliphatic carbocycles. The van der Waals surface area contributed by atoms with Gasteiger partial charge in [0.25, 0.3) is 0 Å². The normalized spacial score (nSPS) is 14.9. The van der Waals surface area contributed by atoms with E-state index in [0.29, 0.717) is 6.42 Å². The smallest absolute Gasteiger partial charge is 0.410 e. The van der Waals surface area contributed by atoms with Crippen molar-refractivity contribution < 1.29 is 38.6 Å². The van der Waals surface area contributed by atoms with Crippen molar-refractivity contribution in [2.75, 3.05) is 12.3 Å². The molecule has 3 N–H and O–H groups in total. The van der Waals surface area contributed by atoms with E-state index in [0.717, 1.165) is 39.8 Å². The van der Waals surface area contributed by atoms with Gasteiger partial charge in [0.05, 0.1) is 10.8 Å². The van der Waals surface area contributed by atoms with Gasteiger partial charge in [-0.1, -0.05) is 179 Å². The fourth-order valence-corrected chi connectivity index (χ4v) is 10.4. The van der Waals surface area contributed by atoms with E-state index in [9.17, 15) is 24.3 Å². The molecule has 69 heavy (non-hydrogen) atoms. The molecule has 0 aromatic heterocycles. The molecule has 6 rings (SSSR count). The zero-order valence-electron chi connectivity index (χ0n) is 40.5. The van der Waals surface area contributed by atoms with Crippen LogP contribution in [0, 0.1) is 5.92 Å². The fraction of sp³-hybridized carbons (Fsp3) is 0.375. The van der Waals surface area contributed by atoms with Crippen LogP contribution in [0.3, 0.4) is 0 Å². The van der Waals surface area contributed by atoms with Crippen molar-refractivity contribution in [1.82, 2.24) is 20.4 Å². The molecule has 0 bridgehead atoms. The SMILES string of the molecule is CCCC[C@H](NC(=O)[C@@H]1Cc2ccccc2CN1C(=O)[C@H](C(C)C)N(C[C@H](CSC(c1ccccc1)(c1ccccc1)c1ccccc1)NC(=O)OC(C)(C)C)C(=O)OCc1ccccc1)C(=O)O. The summed E-state index contributed by atoms with van der Waals surface area (Å²) in [6.45, 7) is 10.7. The van der Waals surface area contributed by atoms with Crippen molar-refractivity contribution in [2.24, 2.45) is 5.92 Å². The molecule has 13 heteroatoms. The summed E-state index contributed by atoms with van der Waals surface area (Å²) in [5.74, 6) is -2.59. The fourth-order valence-electron chi connectivity index (χ4n) is 8.82. The molecule has 5 aromatic carbocycles. The molecule has 0 saturated heterocycles. The van der Waals surface area contributed by atoms with Gasteiger partial charge in [-0.15, -0.1) is 11.8 Å². The van der Waals surface area contributed by atoms with Crippen LogP contribution in [0.1, 0.15) is 94.2 Å². The van der Waals surface area contributed by atoms with Gasteiger partial charge in [0.2, 0.25) is 11.8 Å². The number of aliphatic carboxylic acids is 1. The van der Waals surface area contributed by atoms with Gasteiger partial charge < -0.3 is 30.1 Å². The molecule has 364 valence electrons. The number of nitrogens with zero attached hydrogens (tertiary/aromatic N) is 2. The van der Waals surface area contributed by atoms with Crippen molar-refractivity contribution in [3.05, 3.63) is 179 Å². The summed E-state index contributed by atoms with van der Waals surface area (Å²) < 4.78 is 11.1. The summed E-state index contributed by atoms with van der Waals surface area (Å²) in [5.41, 5.74) is 4.55. The van der Waals surface area contributed by atoms with Gasteiger partial charge in [0.1, 0.15) is 30.3 Å². The average molecular weight is 955 g/mol. The van der Waals surface area contributed by atoms with Crippen molar-refractivity contribution in [2.45, 2.75) is 115 Å². The van der Waals surface area contributed by atoms with Crippen LogP contribution in [0.2, 0.25) is 0 Å². The predicted molar refractivity (Wildman–Crippen MR) is 270 cm³/mol. The quantitative estimate of drug-likeness (QED) is 0.0647. The monoisotopic (exact) mass is 954 g/mol. The molecule has 5 aromatic rings. The van der Waals surface area contributed by atoms with E-state index in [2.05, 4.69) is 47.0 Å². The Morgan fingerprint density at radius 2 is 1.28 bits per heavy atom. The van der Waals surface area contributed by atoms with E-state index < -0.39 is 70.4 Å². The van der Waals surface area contributed by atoms with Crippen LogP contribution in [0.4, 0.5) is 9.59 Å². The van der Waals surface area contributed by atoms with Crippen LogP contribution in [0.25, 0.3) is 0 Å². The minimum atomic E-state index is -1.21. The Hall–Kier alpha value is -6.60. The number of ether oxygens (including phenoxy) is 2. The average Bonchev–Trinajstić information content (AvgIpc) is 3.34. The van der Waals surface area contributed by atoms with Crippen molar-refractivity contribution in [3.63, 3.8) is 0 Å². The lowest BCUT2D eigenvalue weighted by Crippen LogP contribution is -2.62. The van der Waals surface area contributed by atoms with Gasteiger partial charge in [0.15, 0.2) is 0 Å². The van der Waals surface area contributed by atoms with Gasteiger partial charge >= 0.3 is 18.2 Å². The number of carboxylic acids is 1. The summed E-state index contributed by atoms with van der Waals surface area (Å²) in [7, 11) is 0. The molecule has 12 nitrogen and oxygen atoms in total. The number of hydrogen-bond acceptors (Lipinski definition) is 8. The van der Waals surface area contributed by atoms with Crippen molar-refractivity contribution >= 4 is 41.7 Å². The van der Waals surface area contributed by atoms with Crippen LogP contribution in [-0.2, 0) is 48.2 Å². The van der Waals surface area contributed by atoms with Crippen LogP contribution in [0.5, 0.6) is 0 Å². The number of fused-ring (bicyclic) bond motifs is 1. The molecule has 1 aliphatic rings. The number of hydrogen-bond donors (Lipinski definition) is 3. The Morgan fingerprint density at radius 3 is 1.78 bits per heavy atom. The molecule has 0 saturated carbocycles. The number of benzene rings is 5. The zero-order chi connectivity index (χ0) is 49.6. The number of unbranched alkanes of at least 4 members (excludes halogenated alkanes) is 1. The van der Waals surface area contributed by atoms with Crippen LogP contribution >= 0.6 is 11.8 Å². The first kappa shape index (κ1) is 51.8. The molecule has 0 spiro atoms. The van der Waals surface area contributed by atoms with Gasteiger partial charge in [0, 0.05) is 25.3 Å². The van der Waals surface area contributed by atoms with E-state index in [4.69, 9.17) is 9.47 Å². The van der Waals surface area contributed by atoms with Gasteiger partial charge in [-0.3, -0.25) is 14.5 Å². The number of amides is 4. The number of carboxylic acid groups (broad SMARTS) is 1. The summed E-state index contributed by atoms with van der Waals surface area (Å²) in [4.78, 5) is 74.1. The number of thioether (sulfide) groups is 1. The summed E-state index contributed by atoms with van der Waals surface area (Å²) >= 11 is 1.58. The maximum absolute atomic E-state index is 15.6. The Balaban J connectivity index is 1.44. The third-order valence-electron chi connectivity index (χ3n) is 12.1. The molecular weight excluding hydrogens is 889 g/mol. The lowest BCUT2D eigenvalue weighted by molar-refractivity contribution is -0.148. The van der Waals surface area contributed by atoms with E-state index in [-0.39, 0.29) is 38.3 Å². The van der Waals surface area contributed by atoms with Gasteiger partial charge in [-0.25, -0.2) is 14.4 Å². The molecule has 0 unspecified atom stereocenters. The van der Waals surface area contributed by atoms with E-state index in [1.807, 2.05) is 130 Å². The zero-order valence-corrected chi connectivity index (χ0v) is 41.3. The Labute approximate surface area is 411 Å². The van der Waals surface area contributed by atoms with Crippen LogP contribution in [-0.4, -0.2) is 86.9 Å². The highest BCUT2D eigenvalue weighted by Gasteiger charge is 2.45. The van der Waals surface area contributed by atoms with Crippen molar-refractivity contribution in [3.8, 4) is 0 Å². The van der Waals surface area contributed by atoms with Crippen molar-refractivity contribution in [1.29, 1.82) is 0 Å². The second-order valence-electron chi connectivity index (χ2n) is 18.8. The number of nitrogens with one attached hydrogen (secondary N) is 2. The highest BCUT2D eigenvalue weighted by molar-refractivity contribution is 8.00. The molecule has 1 aliphatic heterocycles. The first-order valence-corrected chi connectivity index (χ1v) is 24.8. The number of carbonyl (C=O) groups is 5. The maximum atomic E-state index is 15.6. The number of carbonyl (C=O) groups excluding carboxylic acids is 4. The molecule has 1 heterocycles. The summed E-state index contributed by atoms with van der Waals surface area (Å²) in [5, 5.41) is 15.9. The Kier molecular flexibility index (Phi) is 18.1. The second-order valence-corrected chi connectivity index (χ2v) is 20.0. The van der Waals surface area contributed by atoms with E-state index in [1.165, 1.54) is 9.80 Å². The van der Waals surface area contributed by atoms with E-state index >= 15 is 4.79 Å². The van der Waals surface area contributed by atoms with Crippen LogP contribution < -0.4 is 10.6 Å². The molecule has 4 amide bonds. The third kappa shape index (κ3) is 13.6. The number of rotatable bonds is 20. The Morgan fingerprint density at radius 1 is 0.754 bits per heavy atom. The maximum Gasteiger partial charge on any atom is 0.410 e. The van der Waals surface area contributed by atoms with E-state index in [1.54, 1.807) is 32.5 Å². The highest BCUT2D eigenvalue weighted by Crippen LogP contribution is 2.48. The minimum Gasteiger partial charge on any atom is -0.480 e. The lowest BCUT2D eigenvalue weighted by Gasteiger charge is -2.42. The molecular formula is C56H66N4O8S. The molecule has 0 radical (unpaired) electrons. The lowest BCUT2D eigenvalue weighted by atomic mass is 9.84. The van der Waals surface area contributed by atoms with Crippen LogP contribution in [0.15, 0.2) is 146 Å². The second kappa shape index (κ2) is 24.1. The third-order valence-corrected chi connectivity index (χ3v) is 13.8. The Bertz CT molecular complexity index is 2370. The van der Waals surface area contributed by atoms with Gasteiger partial charge in [-0.2, -0.15) is 0 Å². The summed E-state index contributed by atoms with van der Waals surface area (Å²) in [6, 6.07) is 42.8. The largest absolute Gasteiger partial charge is 0.480 e. The predicted octanol–water partition coefficient (Wildman–Crippen LogP) is 9.98. The first-order chi connectivity index (χ1) is 33.1. The summed E-state index contributed by atoms with van der Waals surface area (Å²) in [6.07, 6.45) is 0.190. The minimum absolute atomic E-state index is 0.0408. The topological polar surface area (TPSA) is 155 Å². The standard InChI is InChI=1S/C56H66N4O8S/c1-7-8-33-47(52(63)64)58-50(61)48-34-41-25-21-22-26-42(41)35-59(48)51(62)49(39(2)3)60(54(66)67-37-40-23-13-9-14-24-40)36-46(57-53(65)68-55(4,5)6)38-69-56(43-27-15-10-16-28-43,44-29-17-11-18-30-44)45-31-19-12-20-32-45/h9-32,39,46-49H,7-8,33-38H2,1-6H3,(H,57,65)(H,58,61)(H,63,64)/t46-,47+,48+,49+/m1/s1.